The number of nitrogens with one attached hydrogen (secondary N) is 1. The molecule has 4 rings (SSSR count). The van der Waals surface area contributed by atoms with Gasteiger partial charge in [-0.2, -0.15) is 0 Å². The largest absolute Gasteiger partial charge is 0.508 e. The topological polar surface area (TPSA) is 61.7 Å². The third kappa shape index (κ3) is 4.98. The van der Waals surface area contributed by atoms with Crippen LogP contribution in [0.3, 0.4) is 0 Å². The van der Waals surface area contributed by atoms with E-state index in [0.29, 0.717) is 6.61 Å². The van der Waals surface area contributed by atoms with Gasteiger partial charge in [0.25, 0.3) is 0 Å². The zero-order valence-electron chi connectivity index (χ0n) is 17.6. The molecule has 0 atom stereocenters. The fourth-order valence-electron chi connectivity index (χ4n) is 3.81. The summed E-state index contributed by atoms with van der Waals surface area (Å²) in [6.45, 7) is 4.49. The van der Waals surface area contributed by atoms with Crippen molar-refractivity contribution in [2.24, 2.45) is 0 Å². The summed E-state index contributed by atoms with van der Waals surface area (Å²) in [6.07, 6.45) is 0.746. The van der Waals surface area contributed by atoms with E-state index in [1.54, 1.807) is 24.3 Å². The fraction of sp³-hybridized carbons (Fsp3) is 0.185. The molecule has 158 valence electrons. The lowest BCUT2D eigenvalue weighted by Gasteiger charge is -2.15. The molecule has 3 N–H and O–H groups in total. The monoisotopic (exact) mass is 413 g/mol. The number of phenols is 2. The number of rotatable bonds is 8. The SMILES string of the molecule is CCNCCOc1ccc(Cc2c(-c3ccc(O)cc3)ccc3cc(O)ccc23)cc1. The van der Waals surface area contributed by atoms with E-state index in [1.165, 1.54) is 11.1 Å². The lowest BCUT2D eigenvalue weighted by atomic mass is 9.90. The van der Waals surface area contributed by atoms with Crippen molar-refractivity contribution in [2.45, 2.75) is 13.3 Å². The van der Waals surface area contributed by atoms with Gasteiger partial charge < -0.3 is 20.3 Å². The third-order valence-electron chi connectivity index (χ3n) is 5.40. The number of hydrogen-bond acceptors (Lipinski definition) is 4. The van der Waals surface area contributed by atoms with Gasteiger partial charge in [-0.25, -0.2) is 0 Å². The molecule has 0 amide bonds. The molecule has 0 saturated heterocycles. The smallest absolute Gasteiger partial charge is 0.119 e. The number of benzene rings is 4. The van der Waals surface area contributed by atoms with Crippen molar-refractivity contribution in [1.82, 2.24) is 5.32 Å². The maximum absolute atomic E-state index is 9.92. The lowest BCUT2D eigenvalue weighted by molar-refractivity contribution is 0.315. The average molecular weight is 414 g/mol. The highest BCUT2D eigenvalue weighted by atomic mass is 16.5. The number of hydrogen-bond donors (Lipinski definition) is 3. The van der Waals surface area contributed by atoms with E-state index in [-0.39, 0.29) is 11.5 Å². The summed E-state index contributed by atoms with van der Waals surface area (Å²) in [5, 5.41) is 25.0. The molecule has 0 unspecified atom stereocenters. The Morgan fingerprint density at radius 1 is 0.806 bits per heavy atom. The fourth-order valence-corrected chi connectivity index (χ4v) is 3.81. The minimum atomic E-state index is 0.251. The van der Waals surface area contributed by atoms with Crippen molar-refractivity contribution in [2.75, 3.05) is 19.7 Å². The van der Waals surface area contributed by atoms with E-state index in [1.807, 2.05) is 36.4 Å². The molecule has 4 aromatic carbocycles. The van der Waals surface area contributed by atoms with Crippen LogP contribution >= 0.6 is 0 Å². The zero-order chi connectivity index (χ0) is 21.6. The predicted octanol–water partition coefficient (Wildman–Crippen LogP) is 5.50. The van der Waals surface area contributed by atoms with E-state index < -0.39 is 0 Å². The van der Waals surface area contributed by atoms with Crippen molar-refractivity contribution in [3.05, 3.63) is 90.0 Å². The molecule has 31 heavy (non-hydrogen) atoms. The van der Waals surface area contributed by atoms with Crippen LogP contribution in [0.25, 0.3) is 21.9 Å². The van der Waals surface area contributed by atoms with Crippen molar-refractivity contribution in [3.63, 3.8) is 0 Å². The van der Waals surface area contributed by atoms with Crippen LogP contribution in [0.1, 0.15) is 18.1 Å². The minimum absolute atomic E-state index is 0.251. The molecule has 4 heteroatoms. The Hall–Kier alpha value is -3.50. The first-order chi connectivity index (χ1) is 15.1. The van der Waals surface area contributed by atoms with Crippen LogP contribution in [0.4, 0.5) is 0 Å². The van der Waals surface area contributed by atoms with Gasteiger partial charge in [-0.05, 0) is 82.4 Å². The summed E-state index contributed by atoms with van der Waals surface area (Å²) in [4.78, 5) is 0. The average Bonchev–Trinajstić information content (AvgIpc) is 2.78. The molecule has 0 radical (unpaired) electrons. The number of ether oxygens (including phenoxy) is 1. The molecule has 0 spiro atoms. The molecule has 0 bridgehead atoms. The van der Waals surface area contributed by atoms with Gasteiger partial charge in [0.05, 0.1) is 0 Å². The van der Waals surface area contributed by atoms with Crippen LogP contribution in [0.15, 0.2) is 78.9 Å². The quantitative estimate of drug-likeness (QED) is 0.334. The van der Waals surface area contributed by atoms with Crippen molar-refractivity contribution in [3.8, 4) is 28.4 Å². The molecule has 0 fully saturated rings. The van der Waals surface area contributed by atoms with Gasteiger partial charge in [-0.1, -0.05) is 49.4 Å². The first-order valence-electron chi connectivity index (χ1n) is 10.6. The third-order valence-corrected chi connectivity index (χ3v) is 5.40. The molecule has 0 heterocycles. The first-order valence-corrected chi connectivity index (χ1v) is 10.6. The Balaban J connectivity index is 1.66. The molecule has 4 aromatic rings. The number of fused-ring (bicyclic) bond motifs is 1. The van der Waals surface area contributed by atoms with Crippen LogP contribution in [-0.2, 0) is 6.42 Å². The Morgan fingerprint density at radius 3 is 2.29 bits per heavy atom. The molecule has 4 nitrogen and oxygen atoms in total. The Labute approximate surface area is 182 Å². The second-order valence-electron chi connectivity index (χ2n) is 7.57. The van der Waals surface area contributed by atoms with Gasteiger partial charge in [0.1, 0.15) is 23.9 Å². The van der Waals surface area contributed by atoms with Gasteiger partial charge in [0.15, 0.2) is 0 Å². The van der Waals surface area contributed by atoms with E-state index in [0.717, 1.165) is 47.2 Å². The van der Waals surface area contributed by atoms with Crippen molar-refractivity contribution >= 4 is 10.8 Å². The standard InChI is InChI=1S/C27H27NO3/c1-2-28-15-16-31-24-11-3-19(4-12-24)17-27-25(20-5-8-22(29)9-6-20)13-7-21-18-23(30)10-14-26(21)27/h3-14,18,28-30H,2,15-17H2,1H3. The first kappa shape index (κ1) is 20.8. The van der Waals surface area contributed by atoms with E-state index >= 15 is 0 Å². The number of phenolic OH excluding ortho intramolecular Hbond substituents is 2. The highest BCUT2D eigenvalue weighted by Gasteiger charge is 2.12. The highest BCUT2D eigenvalue weighted by molar-refractivity contribution is 5.93. The molecule has 0 aromatic heterocycles. The van der Waals surface area contributed by atoms with Crippen LogP contribution < -0.4 is 10.1 Å². The van der Waals surface area contributed by atoms with Gasteiger partial charge in [0.2, 0.25) is 0 Å². The van der Waals surface area contributed by atoms with Crippen LogP contribution in [0.2, 0.25) is 0 Å². The van der Waals surface area contributed by atoms with Gasteiger partial charge >= 0.3 is 0 Å². The Bertz CT molecular complexity index is 1150. The van der Waals surface area contributed by atoms with Crippen LogP contribution in [0, 0.1) is 0 Å². The molecule has 0 aliphatic rings. The van der Waals surface area contributed by atoms with Gasteiger partial charge in [-0.15, -0.1) is 0 Å². The summed E-state index contributed by atoms with van der Waals surface area (Å²) >= 11 is 0. The predicted molar refractivity (Wildman–Crippen MR) is 126 cm³/mol. The number of likely N-dealkylation sites (N-methyl/N-ethyl adjacent to an activating group) is 1. The van der Waals surface area contributed by atoms with Crippen molar-refractivity contribution < 1.29 is 14.9 Å². The molecular formula is C27H27NO3. The summed E-state index contributed by atoms with van der Waals surface area (Å²) in [5.74, 6) is 1.37. The second kappa shape index (κ2) is 9.54. The summed E-state index contributed by atoms with van der Waals surface area (Å²) < 4.78 is 5.79. The molecule has 0 aliphatic heterocycles. The Morgan fingerprint density at radius 2 is 1.55 bits per heavy atom. The second-order valence-corrected chi connectivity index (χ2v) is 7.57. The van der Waals surface area contributed by atoms with Crippen molar-refractivity contribution in [1.29, 1.82) is 0 Å². The highest BCUT2D eigenvalue weighted by Crippen LogP contribution is 2.34. The maximum atomic E-state index is 9.92. The van der Waals surface area contributed by atoms with Gasteiger partial charge in [-0.3, -0.25) is 0 Å². The maximum Gasteiger partial charge on any atom is 0.119 e. The normalized spacial score (nSPS) is 11.0. The molecule has 0 aliphatic carbocycles. The Kier molecular flexibility index (Phi) is 6.39. The minimum Gasteiger partial charge on any atom is -0.508 e. The molecule has 0 saturated carbocycles. The zero-order valence-corrected chi connectivity index (χ0v) is 17.6. The summed E-state index contributed by atoms with van der Waals surface area (Å²) in [5.41, 5.74) is 4.53. The lowest BCUT2D eigenvalue weighted by Crippen LogP contribution is -2.20. The van der Waals surface area contributed by atoms with E-state index in [2.05, 4.69) is 30.4 Å². The van der Waals surface area contributed by atoms with Crippen LogP contribution in [0.5, 0.6) is 17.2 Å². The summed E-state index contributed by atoms with van der Waals surface area (Å²) in [6, 6.07) is 25.1. The van der Waals surface area contributed by atoms with E-state index in [9.17, 15) is 10.2 Å². The van der Waals surface area contributed by atoms with Gasteiger partial charge in [0, 0.05) is 6.54 Å². The number of aromatic hydroxyl groups is 2. The van der Waals surface area contributed by atoms with E-state index in [4.69, 9.17) is 4.74 Å². The molecular weight excluding hydrogens is 386 g/mol. The summed E-state index contributed by atoms with van der Waals surface area (Å²) in [7, 11) is 0. The van der Waals surface area contributed by atoms with Crippen LogP contribution in [-0.4, -0.2) is 29.9 Å².